The molecular formula is C24H22BrFN2O. The summed E-state index contributed by atoms with van der Waals surface area (Å²) in [5.41, 5.74) is 8.35. The number of aryl methyl sites for hydroxylation is 3. The van der Waals surface area contributed by atoms with Crippen LogP contribution in [0.4, 0.5) is 4.39 Å². The van der Waals surface area contributed by atoms with Gasteiger partial charge in [-0.15, -0.1) is 0 Å². The van der Waals surface area contributed by atoms with Crippen molar-refractivity contribution in [3.63, 3.8) is 0 Å². The van der Waals surface area contributed by atoms with Gasteiger partial charge in [0.25, 0.3) is 0 Å². The smallest absolute Gasteiger partial charge is 0.138 e. The second kappa shape index (κ2) is 7.64. The highest BCUT2D eigenvalue weighted by Gasteiger charge is 2.19. The van der Waals surface area contributed by atoms with Crippen LogP contribution in [0.25, 0.3) is 16.9 Å². The monoisotopic (exact) mass is 452 g/mol. The zero-order chi connectivity index (χ0) is 20.7. The van der Waals surface area contributed by atoms with Gasteiger partial charge in [-0.2, -0.15) is 0 Å². The summed E-state index contributed by atoms with van der Waals surface area (Å²) >= 11 is 3.71. The Bertz CT molecular complexity index is 1210. The third-order valence-corrected chi connectivity index (χ3v) is 6.57. The predicted octanol–water partition coefficient (Wildman–Crippen LogP) is 6.43. The molecule has 2 aromatic carbocycles. The van der Waals surface area contributed by atoms with Crippen LogP contribution in [0.1, 0.15) is 28.1 Å². The highest BCUT2D eigenvalue weighted by atomic mass is 79.9. The van der Waals surface area contributed by atoms with Crippen molar-refractivity contribution in [3.05, 3.63) is 86.9 Å². The maximum atomic E-state index is 13.5. The fourth-order valence-electron chi connectivity index (χ4n) is 3.76. The number of imidazole rings is 1. The van der Waals surface area contributed by atoms with E-state index in [1.165, 1.54) is 17.7 Å². The molecule has 0 unspecified atom stereocenters. The highest BCUT2D eigenvalue weighted by Crippen LogP contribution is 2.32. The van der Waals surface area contributed by atoms with E-state index in [2.05, 4.69) is 53.2 Å². The van der Waals surface area contributed by atoms with Crippen LogP contribution in [0.5, 0.6) is 5.75 Å². The molecule has 0 spiro atoms. The van der Waals surface area contributed by atoms with Gasteiger partial charge >= 0.3 is 0 Å². The molecule has 4 aromatic rings. The molecule has 0 aliphatic rings. The van der Waals surface area contributed by atoms with Gasteiger partial charge in [-0.3, -0.25) is 4.40 Å². The molecule has 2 aromatic heterocycles. The molecule has 0 saturated heterocycles. The van der Waals surface area contributed by atoms with Crippen LogP contribution in [-0.4, -0.2) is 16.5 Å². The molecule has 29 heavy (non-hydrogen) atoms. The molecule has 2 heterocycles. The predicted molar refractivity (Wildman–Crippen MR) is 118 cm³/mol. The molecule has 4 rings (SSSR count). The van der Waals surface area contributed by atoms with E-state index in [1.807, 2.05) is 12.1 Å². The van der Waals surface area contributed by atoms with Gasteiger partial charge < -0.3 is 4.74 Å². The minimum Gasteiger partial charge on any atom is -0.497 e. The Morgan fingerprint density at radius 3 is 2.38 bits per heavy atom. The number of methoxy groups -OCH3 is 1. The minimum atomic E-state index is -0.250. The van der Waals surface area contributed by atoms with E-state index in [9.17, 15) is 4.39 Å². The van der Waals surface area contributed by atoms with Crippen molar-refractivity contribution in [2.24, 2.45) is 0 Å². The molecule has 0 radical (unpaired) electrons. The zero-order valence-electron chi connectivity index (χ0n) is 16.9. The number of fused-ring (bicyclic) bond motifs is 1. The summed E-state index contributed by atoms with van der Waals surface area (Å²) in [6.45, 7) is 6.24. The lowest BCUT2D eigenvalue weighted by Gasteiger charge is -2.13. The SMILES string of the molecule is COc1ccc(Cc2c(-c3ccc(F)cc3)nc3cc(C)c(Br)c(C)n23)c(C)c1. The second-order valence-corrected chi connectivity index (χ2v) is 8.10. The van der Waals surface area contributed by atoms with Crippen molar-refractivity contribution in [1.29, 1.82) is 0 Å². The normalized spacial score (nSPS) is 11.2. The summed E-state index contributed by atoms with van der Waals surface area (Å²) in [4.78, 5) is 4.93. The van der Waals surface area contributed by atoms with Crippen LogP contribution in [0, 0.1) is 26.6 Å². The van der Waals surface area contributed by atoms with E-state index >= 15 is 0 Å². The summed E-state index contributed by atoms with van der Waals surface area (Å²) in [5, 5.41) is 0. The fraction of sp³-hybridized carbons (Fsp3) is 0.208. The van der Waals surface area contributed by atoms with Crippen LogP contribution in [0.15, 0.2) is 53.0 Å². The standard InChI is InChI=1S/C24H22BrFN2O/c1-14-11-20(29-4)10-7-18(14)13-21-24(17-5-8-19(26)9-6-17)27-22-12-15(2)23(25)16(3)28(21)22/h5-12H,13H2,1-4H3. The lowest BCUT2D eigenvalue weighted by molar-refractivity contribution is 0.414. The van der Waals surface area contributed by atoms with Gasteiger partial charge in [0.05, 0.1) is 18.5 Å². The first-order valence-corrected chi connectivity index (χ1v) is 10.2. The topological polar surface area (TPSA) is 26.5 Å². The maximum absolute atomic E-state index is 13.5. The molecule has 0 N–H and O–H groups in total. The van der Waals surface area contributed by atoms with Crippen molar-refractivity contribution < 1.29 is 9.13 Å². The molecular weight excluding hydrogens is 431 g/mol. The highest BCUT2D eigenvalue weighted by molar-refractivity contribution is 9.10. The fourth-order valence-corrected chi connectivity index (χ4v) is 4.05. The van der Waals surface area contributed by atoms with Crippen LogP contribution in [0.3, 0.4) is 0 Å². The number of pyridine rings is 1. The Morgan fingerprint density at radius 2 is 1.72 bits per heavy atom. The summed E-state index contributed by atoms with van der Waals surface area (Å²) in [6, 6.07) is 14.7. The van der Waals surface area contributed by atoms with Crippen molar-refractivity contribution >= 4 is 21.6 Å². The quantitative estimate of drug-likeness (QED) is 0.356. The third-order valence-electron chi connectivity index (χ3n) is 5.37. The first kappa shape index (κ1) is 19.6. The maximum Gasteiger partial charge on any atom is 0.138 e. The summed E-state index contributed by atoms with van der Waals surface area (Å²) in [6.07, 6.45) is 0.708. The molecule has 0 saturated carbocycles. The zero-order valence-corrected chi connectivity index (χ0v) is 18.5. The molecule has 0 amide bonds. The van der Waals surface area contributed by atoms with E-state index in [-0.39, 0.29) is 5.82 Å². The van der Waals surface area contributed by atoms with E-state index in [0.717, 1.165) is 49.6 Å². The van der Waals surface area contributed by atoms with Gasteiger partial charge in [-0.1, -0.05) is 6.07 Å². The number of benzene rings is 2. The molecule has 0 aliphatic heterocycles. The first-order chi connectivity index (χ1) is 13.9. The Kier molecular flexibility index (Phi) is 5.17. The van der Waals surface area contributed by atoms with Crippen molar-refractivity contribution in [3.8, 4) is 17.0 Å². The summed E-state index contributed by atoms with van der Waals surface area (Å²) in [5.74, 6) is 0.595. The van der Waals surface area contributed by atoms with Crippen LogP contribution in [0.2, 0.25) is 0 Å². The van der Waals surface area contributed by atoms with Gasteiger partial charge in [-0.05, 0) is 95.9 Å². The van der Waals surface area contributed by atoms with Crippen LogP contribution < -0.4 is 4.74 Å². The number of aromatic nitrogens is 2. The van der Waals surface area contributed by atoms with E-state index in [4.69, 9.17) is 9.72 Å². The number of nitrogens with zero attached hydrogens (tertiary/aromatic N) is 2. The Balaban J connectivity index is 1.95. The molecule has 3 nitrogen and oxygen atoms in total. The number of hydrogen-bond donors (Lipinski definition) is 0. The average molecular weight is 453 g/mol. The lowest BCUT2D eigenvalue weighted by atomic mass is 10.0. The van der Waals surface area contributed by atoms with Crippen molar-refractivity contribution in [1.82, 2.24) is 9.38 Å². The van der Waals surface area contributed by atoms with Crippen LogP contribution >= 0.6 is 15.9 Å². The summed E-state index contributed by atoms with van der Waals surface area (Å²) in [7, 11) is 1.68. The average Bonchev–Trinajstić information content (AvgIpc) is 3.06. The van der Waals surface area contributed by atoms with Gasteiger partial charge in [0, 0.05) is 22.2 Å². The van der Waals surface area contributed by atoms with Crippen LogP contribution in [-0.2, 0) is 6.42 Å². The number of hydrogen-bond acceptors (Lipinski definition) is 2. The Labute approximate surface area is 178 Å². The number of halogens is 2. The largest absolute Gasteiger partial charge is 0.497 e. The molecule has 0 bridgehead atoms. The molecule has 5 heteroatoms. The van der Waals surface area contributed by atoms with Crippen molar-refractivity contribution in [2.75, 3.05) is 7.11 Å². The number of ether oxygens (including phenoxy) is 1. The molecule has 0 fully saturated rings. The molecule has 148 valence electrons. The summed E-state index contributed by atoms with van der Waals surface area (Å²) < 4.78 is 22.1. The van der Waals surface area contributed by atoms with Gasteiger partial charge in [-0.25, -0.2) is 9.37 Å². The van der Waals surface area contributed by atoms with Crippen molar-refractivity contribution in [2.45, 2.75) is 27.2 Å². The van der Waals surface area contributed by atoms with Gasteiger partial charge in [0.15, 0.2) is 0 Å². The second-order valence-electron chi connectivity index (χ2n) is 7.30. The number of rotatable bonds is 4. The molecule has 0 aliphatic carbocycles. The van der Waals surface area contributed by atoms with Gasteiger partial charge in [0.2, 0.25) is 0 Å². The Hall–Kier alpha value is -2.66. The van der Waals surface area contributed by atoms with Gasteiger partial charge in [0.1, 0.15) is 17.2 Å². The first-order valence-electron chi connectivity index (χ1n) is 9.45. The van der Waals surface area contributed by atoms with E-state index in [0.29, 0.717) is 6.42 Å². The van der Waals surface area contributed by atoms with E-state index < -0.39 is 0 Å². The third kappa shape index (κ3) is 3.55. The minimum absolute atomic E-state index is 0.250. The van der Waals surface area contributed by atoms with E-state index in [1.54, 1.807) is 19.2 Å². The Morgan fingerprint density at radius 1 is 1.00 bits per heavy atom. The molecule has 0 atom stereocenters. The lowest BCUT2D eigenvalue weighted by Crippen LogP contribution is -2.03.